The van der Waals surface area contributed by atoms with Crippen LogP contribution >= 0.6 is 0 Å². The molecule has 0 radical (unpaired) electrons. The third-order valence-electron chi connectivity index (χ3n) is 6.46. The Kier molecular flexibility index (Phi) is 6.52. The highest BCUT2D eigenvalue weighted by atomic mass is 32.2. The van der Waals surface area contributed by atoms with Crippen molar-refractivity contribution in [3.63, 3.8) is 0 Å². The molecular formula is C22H32N4O4S. The van der Waals surface area contributed by atoms with Crippen LogP contribution in [-0.4, -0.2) is 63.3 Å². The van der Waals surface area contributed by atoms with Gasteiger partial charge in [-0.3, -0.25) is 14.5 Å². The first-order valence-electron chi connectivity index (χ1n) is 11.4. The van der Waals surface area contributed by atoms with Crippen LogP contribution in [0.15, 0.2) is 23.1 Å². The smallest absolute Gasteiger partial charge is 0.250 e. The Morgan fingerprint density at radius 1 is 1.10 bits per heavy atom. The van der Waals surface area contributed by atoms with Gasteiger partial charge in [0.25, 0.3) is 0 Å². The second-order valence-corrected chi connectivity index (χ2v) is 10.5. The first-order chi connectivity index (χ1) is 14.9. The van der Waals surface area contributed by atoms with Gasteiger partial charge in [-0.15, -0.1) is 0 Å². The van der Waals surface area contributed by atoms with Gasteiger partial charge in [0.15, 0.2) is 0 Å². The summed E-state index contributed by atoms with van der Waals surface area (Å²) in [6.07, 6.45) is 6.30. The minimum absolute atomic E-state index is 0.0902. The van der Waals surface area contributed by atoms with E-state index in [9.17, 15) is 18.0 Å². The van der Waals surface area contributed by atoms with Crippen molar-refractivity contribution in [1.82, 2.24) is 9.62 Å². The van der Waals surface area contributed by atoms with E-state index in [0.29, 0.717) is 25.3 Å². The van der Waals surface area contributed by atoms with Crippen molar-refractivity contribution in [2.24, 2.45) is 0 Å². The lowest BCUT2D eigenvalue weighted by atomic mass is 9.96. The fourth-order valence-electron chi connectivity index (χ4n) is 4.74. The number of hydrogen-bond acceptors (Lipinski definition) is 5. The van der Waals surface area contributed by atoms with Crippen molar-refractivity contribution in [3.05, 3.63) is 18.2 Å². The molecule has 2 amide bonds. The molecule has 3 aliphatic rings. The molecule has 4 rings (SSSR count). The van der Waals surface area contributed by atoms with Crippen LogP contribution in [0.25, 0.3) is 0 Å². The van der Waals surface area contributed by atoms with Gasteiger partial charge in [0.05, 0.1) is 16.3 Å². The van der Waals surface area contributed by atoms with Crippen molar-refractivity contribution >= 4 is 33.2 Å². The predicted octanol–water partition coefficient (Wildman–Crippen LogP) is 2.09. The highest BCUT2D eigenvalue weighted by molar-refractivity contribution is 7.89. The molecule has 1 atom stereocenters. The Hall–Kier alpha value is -2.13. The van der Waals surface area contributed by atoms with Gasteiger partial charge in [-0.05, 0) is 56.7 Å². The largest absolute Gasteiger partial charge is 0.358 e. The molecule has 3 aliphatic heterocycles. The van der Waals surface area contributed by atoms with Crippen LogP contribution in [0, 0.1) is 0 Å². The first kappa shape index (κ1) is 22.1. The summed E-state index contributed by atoms with van der Waals surface area (Å²) in [7, 11) is -3.61. The zero-order chi connectivity index (χ0) is 22.0. The van der Waals surface area contributed by atoms with Gasteiger partial charge >= 0.3 is 0 Å². The Labute approximate surface area is 184 Å². The molecule has 0 spiro atoms. The number of benzene rings is 1. The zero-order valence-corrected chi connectivity index (χ0v) is 19.0. The molecule has 1 aromatic carbocycles. The number of fused-ring (bicyclic) bond motifs is 3. The van der Waals surface area contributed by atoms with Gasteiger partial charge in [0, 0.05) is 26.2 Å². The number of amides is 2. The average Bonchev–Trinajstić information content (AvgIpc) is 3.32. The topological polar surface area (TPSA) is 90.0 Å². The molecule has 170 valence electrons. The van der Waals surface area contributed by atoms with E-state index >= 15 is 0 Å². The lowest BCUT2D eigenvalue weighted by Crippen LogP contribution is -2.57. The SMILES string of the molecule is CCCCNC(=O)CN1C(=O)[C@@H]2CCCCN2c2ccc(S(=O)(=O)N3CCCC3)cc21. The van der Waals surface area contributed by atoms with Gasteiger partial charge in [0.2, 0.25) is 21.8 Å². The van der Waals surface area contributed by atoms with Crippen LogP contribution in [0.4, 0.5) is 11.4 Å². The summed E-state index contributed by atoms with van der Waals surface area (Å²) in [4.78, 5) is 29.7. The molecular weight excluding hydrogens is 416 g/mol. The van der Waals surface area contributed by atoms with Crippen LogP contribution in [-0.2, 0) is 19.6 Å². The number of nitrogens with one attached hydrogen (secondary N) is 1. The number of piperidine rings is 1. The number of anilines is 2. The lowest BCUT2D eigenvalue weighted by molar-refractivity contribution is -0.125. The van der Waals surface area contributed by atoms with Crippen LogP contribution in [0.2, 0.25) is 0 Å². The van der Waals surface area contributed by atoms with E-state index in [2.05, 4.69) is 17.1 Å². The Bertz CT molecular complexity index is 943. The van der Waals surface area contributed by atoms with Crippen molar-refractivity contribution in [3.8, 4) is 0 Å². The van der Waals surface area contributed by atoms with Gasteiger partial charge in [-0.1, -0.05) is 13.3 Å². The van der Waals surface area contributed by atoms with Crippen LogP contribution in [0.3, 0.4) is 0 Å². The molecule has 0 bridgehead atoms. The molecule has 8 nitrogen and oxygen atoms in total. The zero-order valence-electron chi connectivity index (χ0n) is 18.2. The van der Waals surface area contributed by atoms with Crippen molar-refractivity contribution < 1.29 is 18.0 Å². The van der Waals surface area contributed by atoms with E-state index in [4.69, 9.17) is 0 Å². The summed E-state index contributed by atoms with van der Waals surface area (Å²) in [6.45, 7) is 4.34. The van der Waals surface area contributed by atoms with Crippen molar-refractivity contribution in [2.75, 3.05) is 42.5 Å². The first-order valence-corrected chi connectivity index (χ1v) is 12.9. The van der Waals surface area contributed by atoms with E-state index in [-0.39, 0.29) is 29.3 Å². The number of carbonyl (C=O) groups is 2. The minimum atomic E-state index is -3.61. The summed E-state index contributed by atoms with van der Waals surface area (Å²) in [5.74, 6) is -0.335. The molecule has 2 saturated heterocycles. The number of carbonyl (C=O) groups excluding carboxylic acids is 2. The van der Waals surface area contributed by atoms with E-state index in [1.54, 1.807) is 12.1 Å². The van der Waals surface area contributed by atoms with Crippen LogP contribution in [0.1, 0.15) is 51.9 Å². The summed E-state index contributed by atoms with van der Waals surface area (Å²) in [5.41, 5.74) is 1.36. The Morgan fingerprint density at radius 2 is 1.84 bits per heavy atom. The molecule has 9 heteroatoms. The summed E-state index contributed by atoms with van der Waals surface area (Å²) in [5, 5.41) is 2.87. The van der Waals surface area contributed by atoms with Gasteiger partial charge in [-0.2, -0.15) is 4.31 Å². The summed E-state index contributed by atoms with van der Waals surface area (Å²) in [6, 6.07) is 4.76. The third-order valence-corrected chi connectivity index (χ3v) is 8.35. The van der Waals surface area contributed by atoms with Crippen LogP contribution < -0.4 is 15.1 Å². The highest BCUT2D eigenvalue weighted by Crippen LogP contribution is 2.41. The second-order valence-electron chi connectivity index (χ2n) is 8.59. The van der Waals surface area contributed by atoms with Crippen LogP contribution in [0.5, 0.6) is 0 Å². The number of nitrogens with zero attached hydrogens (tertiary/aromatic N) is 3. The molecule has 2 fully saturated rings. The Balaban J connectivity index is 1.68. The summed E-state index contributed by atoms with van der Waals surface area (Å²) >= 11 is 0. The van der Waals surface area contributed by atoms with E-state index < -0.39 is 10.0 Å². The van der Waals surface area contributed by atoms with Gasteiger partial charge < -0.3 is 10.2 Å². The minimum Gasteiger partial charge on any atom is -0.358 e. The predicted molar refractivity (Wildman–Crippen MR) is 120 cm³/mol. The number of sulfonamides is 1. The second kappa shape index (κ2) is 9.16. The monoisotopic (exact) mass is 448 g/mol. The molecule has 1 N–H and O–H groups in total. The molecule has 0 aliphatic carbocycles. The van der Waals surface area contributed by atoms with Gasteiger partial charge in [0.1, 0.15) is 12.6 Å². The fourth-order valence-corrected chi connectivity index (χ4v) is 6.28. The van der Waals surface area contributed by atoms with E-state index in [1.807, 2.05) is 6.07 Å². The van der Waals surface area contributed by atoms with E-state index in [0.717, 1.165) is 57.2 Å². The molecule has 3 heterocycles. The highest BCUT2D eigenvalue weighted by Gasteiger charge is 2.41. The third kappa shape index (κ3) is 4.30. The normalized spacial score (nSPS) is 21.7. The van der Waals surface area contributed by atoms with Crippen molar-refractivity contribution in [2.45, 2.75) is 62.8 Å². The molecule has 31 heavy (non-hydrogen) atoms. The standard InChI is InChI=1S/C22H32N4O4S/c1-2-3-11-23-21(27)16-26-20-15-17(31(29,30)24-12-6-7-13-24)9-10-18(20)25-14-5-4-8-19(25)22(26)28/h9-10,15,19H,2-8,11-14,16H2,1H3,(H,23,27)/t19-/m0/s1. The molecule has 0 saturated carbocycles. The van der Waals surface area contributed by atoms with Crippen molar-refractivity contribution in [1.29, 1.82) is 0 Å². The van der Waals surface area contributed by atoms with Gasteiger partial charge in [-0.25, -0.2) is 8.42 Å². The maximum Gasteiger partial charge on any atom is 0.250 e. The number of rotatable bonds is 7. The fraction of sp³-hybridized carbons (Fsp3) is 0.636. The summed E-state index contributed by atoms with van der Waals surface area (Å²) < 4.78 is 27.7. The molecule has 1 aromatic rings. The lowest BCUT2D eigenvalue weighted by Gasteiger charge is -2.45. The quantitative estimate of drug-likeness (QED) is 0.645. The number of hydrogen-bond donors (Lipinski definition) is 1. The average molecular weight is 449 g/mol. The molecule has 0 aromatic heterocycles. The maximum absolute atomic E-state index is 13.3. The Morgan fingerprint density at radius 3 is 2.58 bits per heavy atom. The van der Waals surface area contributed by atoms with E-state index in [1.165, 1.54) is 9.21 Å². The maximum atomic E-state index is 13.3. The molecule has 0 unspecified atom stereocenters. The number of unbranched alkanes of at least 4 members (excludes halogenated alkanes) is 1.